The summed E-state index contributed by atoms with van der Waals surface area (Å²) in [6, 6.07) is 6.72. The van der Waals surface area contributed by atoms with Gasteiger partial charge in [0, 0.05) is 22.2 Å². The number of hydrogen-bond acceptors (Lipinski definition) is 1. The van der Waals surface area contributed by atoms with E-state index in [0.717, 1.165) is 5.57 Å². The molecule has 0 aliphatic heterocycles. The Morgan fingerprint density at radius 3 is 2.35 bits per heavy atom. The van der Waals surface area contributed by atoms with E-state index in [2.05, 4.69) is 11.9 Å². The summed E-state index contributed by atoms with van der Waals surface area (Å²) in [5.74, 6) is -0.164. The van der Waals surface area contributed by atoms with Gasteiger partial charge in [0.25, 0.3) is 5.91 Å². The molecule has 2 nitrogen and oxygen atoms in total. The van der Waals surface area contributed by atoms with Crippen LogP contribution in [0.3, 0.4) is 0 Å². The van der Waals surface area contributed by atoms with Gasteiger partial charge in [-0.05, 0) is 41.3 Å². The lowest BCUT2D eigenvalue weighted by molar-refractivity contribution is 0.0957. The Balaban J connectivity index is 2.57. The van der Waals surface area contributed by atoms with E-state index >= 15 is 0 Å². The van der Waals surface area contributed by atoms with Crippen molar-refractivity contribution in [2.45, 2.75) is 20.8 Å². The molecule has 4 heteroatoms. The highest BCUT2D eigenvalue weighted by molar-refractivity contribution is 6.30. The fourth-order valence-electron chi connectivity index (χ4n) is 1.34. The van der Waals surface area contributed by atoms with E-state index in [0.29, 0.717) is 22.2 Å². The lowest BCUT2D eigenvalue weighted by Crippen LogP contribution is -2.25. The lowest BCUT2D eigenvalue weighted by Gasteiger charge is -2.17. The van der Waals surface area contributed by atoms with Crippen molar-refractivity contribution in [1.29, 1.82) is 0 Å². The predicted octanol–water partition coefficient (Wildman–Crippen LogP) is 4.79. The van der Waals surface area contributed by atoms with Gasteiger partial charge >= 0.3 is 0 Å². The summed E-state index contributed by atoms with van der Waals surface area (Å²) in [4.78, 5) is 11.9. The second-order valence-electron chi connectivity index (χ2n) is 5.59. The summed E-state index contributed by atoms with van der Waals surface area (Å²) in [6.07, 6.45) is 1.80. The van der Waals surface area contributed by atoms with Crippen LogP contribution in [0.25, 0.3) is 0 Å². The number of allylic oxidation sites excluding steroid dienone is 1. The second-order valence-corrected chi connectivity index (χ2v) is 6.43. The van der Waals surface area contributed by atoms with Crippen LogP contribution in [0.1, 0.15) is 31.1 Å². The highest BCUT2D eigenvalue weighted by Gasteiger charge is 2.14. The van der Waals surface area contributed by atoms with Gasteiger partial charge in [-0.1, -0.05) is 50.6 Å². The first-order valence-electron chi connectivity index (χ1n) is 6.29. The third-order valence-corrected chi connectivity index (χ3v) is 3.56. The summed E-state index contributed by atoms with van der Waals surface area (Å²) >= 11 is 12.0. The average molecular weight is 312 g/mol. The number of halogens is 2. The summed E-state index contributed by atoms with van der Waals surface area (Å²) in [5.41, 5.74) is 1.20. The summed E-state index contributed by atoms with van der Waals surface area (Å²) < 4.78 is 0. The predicted molar refractivity (Wildman–Crippen MR) is 86.3 cm³/mol. The van der Waals surface area contributed by atoms with Crippen LogP contribution in [0.2, 0.25) is 5.02 Å². The second kappa shape index (κ2) is 6.96. The van der Waals surface area contributed by atoms with E-state index < -0.39 is 0 Å². The number of carbonyl (C=O) groups excluding carboxylic acids is 1. The standard InChI is InChI=1S/C16H19Cl2NO/c1-11(9-14(18)16(2,3)4)10-19-15(20)12-5-7-13(17)8-6-12/h5-9H,1,10H2,2-4H3,(H,19,20)/b14-9+. The van der Waals surface area contributed by atoms with Crippen molar-refractivity contribution >= 4 is 29.1 Å². The molecule has 1 aromatic carbocycles. The molecule has 20 heavy (non-hydrogen) atoms. The molecule has 1 amide bonds. The molecule has 1 N–H and O–H groups in total. The molecule has 0 aromatic heterocycles. The number of rotatable bonds is 4. The molecule has 0 atom stereocenters. The van der Waals surface area contributed by atoms with Crippen LogP contribution in [-0.4, -0.2) is 12.5 Å². The van der Waals surface area contributed by atoms with Gasteiger partial charge in [-0.3, -0.25) is 4.79 Å². The van der Waals surface area contributed by atoms with Gasteiger partial charge in [0.05, 0.1) is 0 Å². The van der Waals surface area contributed by atoms with Crippen molar-refractivity contribution in [3.05, 3.63) is 58.1 Å². The summed E-state index contributed by atoms with van der Waals surface area (Å²) in [5, 5.41) is 4.10. The monoisotopic (exact) mass is 311 g/mol. The maximum absolute atomic E-state index is 11.9. The van der Waals surface area contributed by atoms with Crippen LogP contribution in [0.4, 0.5) is 0 Å². The Kier molecular flexibility index (Phi) is 5.85. The topological polar surface area (TPSA) is 29.1 Å². The first kappa shape index (κ1) is 16.8. The van der Waals surface area contributed by atoms with Crippen LogP contribution < -0.4 is 5.32 Å². The fourth-order valence-corrected chi connectivity index (χ4v) is 1.62. The number of nitrogens with one attached hydrogen (secondary N) is 1. The molecule has 0 heterocycles. The lowest BCUT2D eigenvalue weighted by atomic mass is 9.95. The van der Waals surface area contributed by atoms with Crippen molar-refractivity contribution in [2.24, 2.45) is 5.41 Å². The highest BCUT2D eigenvalue weighted by Crippen LogP contribution is 2.29. The Hall–Kier alpha value is -1.25. The van der Waals surface area contributed by atoms with Crippen molar-refractivity contribution in [1.82, 2.24) is 5.32 Å². The molecular formula is C16H19Cl2NO. The maximum atomic E-state index is 11.9. The number of benzene rings is 1. The normalized spacial score (nSPS) is 12.2. The molecule has 0 spiro atoms. The van der Waals surface area contributed by atoms with Crippen LogP contribution >= 0.6 is 23.2 Å². The zero-order valence-corrected chi connectivity index (χ0v) is 13.5. The zero-order valence-electron chi connectivity index (χ0n) is 12.0. The van der Waals surface area contributed by atoms with E-state index in [9.17, 15) is 4.79 Å². The van der Waals surface area contributed by atoms with E-state index in [-0.39, 0.29) is 11.3 Å². The fraction of sp³-hybridized carbons (Fsp3) is 0.312. The minimum Gasteiger partial charge on any atom is -0.348 e. The van der Waals surface area contributed by atoms with Crippen LogP contribution in [0, 0.1) is 5.41 Å². The zero-order chi connectivity index (χ0) is 15.3. The Labute approximate surface area is 130 Å². The summed E-state index contributed by atoms with van der Waals surface area (Å²) in [6.45, 7) is 10.3. The van der Waals surface area contributed by atoms with E-state index in [1.165, 1.54) is 0 Å². The molecule has 0 unspecified atom stereocenters. The van der Waals surface area contributed by atoms with Gasteiger partial charge in [-0.2, -0.15) is 0 Å². The molecule has 0 bridgehead atoms. The Bertz CT molecular complexity index is 524. The molecule has 0 saturated carbocycles. The SMILES string of the molecule is C=C(/C=C(/Cl)C(C)(C)C)CNC(=O)c1ccc(Cl)cc1. The van der Waals surface area contributed by atoms with Gasteiger partial charge < -0.3 is 5.32 Å². The van der Waals surface area contributed by atoms with Crippen molar-refractivity contribution in [3.63, 3.8) is 0 Å². The number of hydrogen-bond donors (Lipinski definition) is 1. The third-order valence-electron chi connectivity index (χ3n) is 2.63. The molecule has 1 aromatic rings. The molecule has 1 rings (SSSR count). The Morgan fingerprint density at radius 1 is 1.30 bits per heavy atom. The van der Waals surface area contributed by atoms with Gasteiger partial charge in [0.2, 0.25) is 0 Å². The van der Waals surface area contributed by atoms with Crippen molar-refractivity contribution in [3.8, 4) is 0 Å². The third kappa shape index (κ3) is 5.40. The minimum absolute atomic E-state index is 0.120. The van der Waals surface area contributed by atoms with Crippen LogP contribution in [0.15, 0.2) is 47.5 Å². The smallest absolute Gasteiger partial charge is 0.251 e. The first-order valence-corrected chi connectivity index (χ1v) is 7.05. The van der Waals surface area contributed by atoms with Crippen molar-refractivity contribution < 1.29 is 4.79 Å². The first-order chi connectivity index (χ1) is 9.20. The molecular weight excluding hydrogens is 293 g/mol. The minimum atomic E-state index is -0.164. The maximum Gasteiger partial charge on any atom is 0.251 e. The molecule has 108 valence electrons. The molecule has 0 saturated heterocycles. The average Bonchev–Trinajstić information content (AvgIpc) is 2.35. The van der Waals surface area contributed by atoms with Crippen molar-refractivity contribution in [2.75, 3.05) is 6.54 Å². The van der Waals surface area contributed by atoms with Gasteiger partial charge in [0.15, 0.2) is 0 Å². The van der Waals surface area contributed by atoms with Gasteiger partial charge in [0.1, 0.15) is 0 Å². The number of amides is 1. The van der Waals surface area contributed by atoms with Crippen LogP contribution in [0.5, 0.6) is 0 Å². The molecule has 0 fully saturated rings. The largest absolute Gasteiger partial charge is 0.348 e. The van der Waals surface area contributed by atoms with Gasteiger partial charge in [-0.25, -0.2) is 0 Å². The highest BCUT2D eigenvalue weighted by atomic mass is 35.5. The van der Waals surface area contributed by atoms with E-state index in [1.54, 1.807) is 30.3 Å². The van der Waals surface area contributed by atoms with E-state index in [4.69, 9.17) is 23.2 Å². The van der Waals surface area contributed by atoms with E-state index in [1.807, 2.05) is 20.8 Å². The Morgan fingerprint density at radius 2 is 1.85 bits per heavy atom. The molecule has 0 aliphatic rings. The summed E-state index contributed by atoms with van der Waals surface area (Å²) in [7, 11) is 0. The molecule has 0 aliphatic carbocycles. The number of carbonyl (C=O) groups is 1. The van der Waals surface area contributed by atoms with Crippen LogP contribution in [-0.2, 0) is 0 Å². The van der Waals surface area contributed by atoms with Gasteiger partial charge in [-0.15, -0.1) is 0 Å². The molecule has 0 radical (unpaired) electrons. The quantitative estimate of drug-likeness (QED) is 0.795.